The molecular weight excluding hydrogens is 276 g/mol. The van der Waals surface area contributed by atoms with Crippen LogP contribution in [0.25, 0.3) is 0 Å². The molecule has 0 bridgehead atoms. The highest BCUT2D eigenvalue weighted by atomic mass is 14.2. The molecule has 0 saturated heterocycles. The summed E-state index contributed by atoms with van der Waals surface area (Å²) in [4.78, 5) is 0. The van der Waals surface area contributed by atoms with E-state index in [2.05, 4.69) is 39.8 Å². The fourth-order valence-electron chi connectivity index (χ4n) is 3.52. The molecule has 0 aromatic rings. The maximum absolute atomic E-state index is 3.93. The molecule has 0 fully saturated rings. The molecule has 0 aliphatic heterocycles. The number of rotatable bonds is 17. The summed E-state index contributed by atoms with van der Waals surface area (Å²) < 4.78 is 0. The molecule has 0 rings (SSSR count). The molecule has 0 amide bonds. The Kier molecular flexibility index (Phi) is 17.9. The predicted octanol–water partition coefficient (Wildman–Crippen LogP) is 8.33. The normalized spacial score (nSPS) is 14.4. The Labute approximate surface area is 148 Å². The zero-order valence-corrected chi connectivity index (χ0v) is 16.3. The first-order valence-electron chi connectivity index (χ1n) is 10.5. The van der Waals surface area contributed by atoms with Crippen molar-refractivity contribution in [2.45, 2.75) is 110 Å². The maximum Gasteiger partial charge on any atom is -0.0351 e. The molecule has 0 aliphatic rings. The van der Waals surface area contributed by atoms with Gasteiger partial charge in [-0.1, -0.05) is 104 Å². The summed E-state index contributed by atoms with van der Waals surface area (Å²) in [5, 5.41) is 0. The Morgan fingerprint density at radius 2 is 1.26 bits per heavy atom. The van der Waals surface area contributed by atoms with Gasteiger partial charge in [0, 0.05) is 0 Å². The van der Waals surface area contributed by atoms with Gasteiger partial charge in [-0.2, -0.15) is 0 Å². The average Bonchev–Trinajstić information content (AvgIpc) is 2.58. The molecular formula is C23H44. The summed E-state index contributed by atoms with van der Waals surface area (Å²) in [6.45, 7) is 12.6. The van der Waals surface area contributed by atoms with Gasteiger partial charge >= 0.3 is 0 Å². The van der Waals surface area contributed by atoms with Crippen molar-refractivity contribution in [3.05, 3.63) is 26.0 Å². The minimum Gasteiger partial charge on any atom is -0.0885 e. The summed E-state index contributed by atoms with van der Waals surface area (Å²) in [7, 11) is 0. The van der Waals surface area contributed by atoms with E-state index in [0.29, 0.717) is 0 Å². The van der Waals surface area contributed by atoms with Crippen LogP contribution in [0.15, 0.2) is 12.2 Å². The minimum absolute atomic E-state index is 0.936. The van der Waals surface area contributed by atoms with E-state index in [-0.39, 0.29) is 0 Å². The lowest BCUT2D eigenvalue weighted by Gasteiger charge is -2.22. The van der Waals surface area contributed by atoms with Gasteiger partial charge in [0.1, 0.15) is 0 Å². The van der Waals surface area contributed by atoms with Gasteiger partial charge in [0.2, 0.25) is 0 Å². The average molecular weight is 321 g/mol. The monoisotopic (exact) mass is 320 g/mol. The van der Waals surface area contributed by atoms with Crippen molar-refractivity contribution in [3.8, 4) is 0 Å². The summed E-state index contributed by atoms with van der Waals surface area (Å²) in [6, 6.07) is 0. The van der Waals surface area contributed by atoms with Gasteiger partial charge in [-0.05, 0) is 44.4 Å². The van der Waals surface area contributed by atoms with Crippen molar-refractivity contribution >= 4 is 0 Å². The Morgan fingerprint density at radius 3 is 1.78 bits per heavy atom. The number of hydrogen-bond donors (Lipinski definition) is 0. The van der Waals surface area contributed by atoms with Crippen LogP contribution in [0.4, 0.5) is 0 Å². The van der Waals surface area contributed by atoms with E-state index in [4.69, 9.17) is 0 Å². The first-order valence-corrected chi connectivity index (χ1v) is 10.5. The van der Waals surface area contributed by atoms with Crippen LogP contribution in [0, 0.1) is 25.7 Å². The van der Waals surface area contributed by atoms with Crippen molar-refractivity contribution < 1.29 is 0 Å². The van der Waals surface area contributed by atoms with Gasteiger partial charge in [0.15, 0.2) is 0 Å². The van der Waals surface area contributed by atoms with Crippen molar-refractivity contribution in [1.82, 2.24) is 0 Å². The molecule has 2 radical (unpaired) electrons. The zero-order valence-electron chi connectivity index (χ0n) is 16.3. The van der Waals surface area contributed by atoms with E-state index in [1.165, 1.54) is 83.5 Å². The van der Waals surface area contributed by atoms with Crippen molar-refractivity contribution in [2.24, 2.45) is 11.8 Å². The van der Waals surface area contributed by atoms with Gasteiger partial charge in [0.25, 0.3) is 0 Å². The Balaban J connectivity index is 3.75. The van der Waals surface area contributed by atoms with Gasteiger partial charge in [0.05, 0.1) is 0 Å². The van der Waals surface area contributed by atoms with E-state index in [9.17, 15) is 0 Å². The summed E-state index contributed by atoms with van der Waals surface area (Å²) >= 11 is 0. The molecule has 0 aromatic heterocycles. The molecule has 0 aliphatic carbocycles. The fourth-order valence-corrected chi connectivity index (χ4v) is 3.52. The Morgan fingerprint density at radius 1 is 0.696 bits per heavy atom. The van der Waals surface area contributed by atoms with E-state index < -0.39 is 0 Å². The van der Waals surface area contributed by atoms with Crippen LogP contribution in [-0.4, -0.2) is 0 Å². The summed E-state index contributed by atoms with van der Waals surface area (Å²) in [5.41, 5.74) is 0. The van der Waals surface area contributed by atoms with Gasteiger partial charge in [-0.3, -0.25) is 0 Å². The minimum atomic E-state index is 0.936. The highest BCUT2D eigenvalue weighted by Gasteiger charge is 2.13. The Hall–Kier alpha value is -0.260. The molecule has 2 atom stereocenters. The van der Waals surface area contributed by atoms with E-state index in [1.807, 2.05) is 0 Å². The third kappa shape index (κ3) is 15.0. The van der Waals surface area contributed by atoms with Gasteiger partial charge in [-0.15, -0.1) is 0 Å². The van der Waals surface area contributed by atoms with Crippen LogP contribution in [0.5, 0.6) is 0 Å². The first kappa shape index (κ1) is 22.7. The van der Waals surface area contributed by atoms with E-state index >= 15 is 0 Å². The standard InChI is InChI=1S/C23H44/c1-5-9-11-13-14-16-18-20-23(8-4)21-22(7-3)19-17-15-12-10-6-2/h9,11,22-23H,1-2,5-8,10,12-21H2,3-4H3. The molecule has 0 heterocycles. The third-order valence-electron chi connectivity index (χ3n) is 5.25. The van der Waals surface area contributed by atoms with Gasteiger partial charge < -0.3 is 0 Å². The lowest BCUT2D eigenvalue weighted by Crippen LogP contribution is -2.08. The van der Waals surface area contributed by atoms with Crippen LogP contribution in [0.1, 0.15) is 110 Å². The van der Waals surface area contributed by atoms with E-state index in [0.717, 1.165) is 24.7 Å². The van der Waals surface area contributed by atoms with Crippen molar-refractivity contribution in [3.63, 3.8) is 0 Å². The summed E-state index contributed by atoms with van der Waals surface area (Å²) in [5.74, 6) is 1.94. The quantitative estimate of drug-likeness (QED) is 0.186. The molecule has 0 aromatic carbocycles. The van der Waals surface area contributed by atoms with Crippen LogP contribution in [0.2, 0.25) is 0 Å². The second-order valence-corrected chi connectivity index (χ2v) is 7.24. The largest absolute Gasteiger partial charge is 0.0885 e. The highest BCUT2D eigenvalue weighted by molar-refractivity contribution is 4.81. The van der Waals surface area contributed by atoms with Crippen LogP contribution >= 0.6 is 0 Å². The number of hydrogen-bond acceptors (Lipinski definition) is 0. The van der Waals surface area contributed by atoms with Crippen LogP contribution in [0.3, 0.4) is 0 Å². The number of unbranched alkanes of at least 4 members (excludes halogenated alkanes) is 7. The Bertz CT molecular complexity index is 240. The van der Waals surface area contributed by atoms with E-state index in [1.54, 1.807) is 0 Å². The topological polar surface area (TPSA) is 0 Å². The summed E-state index contributed by atoms with van der Waals surface area (Å²) in [6.07, 6.45) is 24.7. The second kappa shape index (κ2) is 18.1. The smallest absolute Gasteiger partial charge is 0.0351 e. The fraction of sp³-hybridized carbons (Fsp3) is 0.826. The molecule has 23 heavy (non-hydrogen) atoms. The van der Waals surface area contributed by atoms with Crippen molar-refractivity contribution in [2.75, 3.05) is 0 Å². The molecule has 0 nitrogen and oxygen atoms in total. The number of allylic oxidation sites excluding steroid dienone is 2. The molecule has 136 valence electrons. The SMILES string of the molecule is [CH2]CC=CCCCCCC(CC)CC(CC)CCCCCC[CH2]. The molecule has 0 saturated carbocycles. The van der Waals surface area contributed by atoms with Crippen LogP contribution in [-0.2, 0) is 0 Å². The van der Waals surface area contributed by atoms with Crippen molar-refractivity contribution in [1.29, 1.82) is 0 Å². The van der Waals surface area contributed by atoms with Crippen LogP contribution < -0.4 is 0 Å². The lowest BCUT2D eigenvalue weighted by molar-refractivity contribution is 0.307. The third-order valence-corrected chi connectivity index (χ3v) is 5.25. The van der Waals surface area contributed by atoms with Gasteiger partial charge in [-0.25, -0.2) is 0 Å². The second-order valence-electron chi connectivity index (χ2n) is 7.24. The maximum atomic E-state index is 3.93. The highest BCUT2D eigenvalue weighted by Crippen LogP contribution is 2.27. The molecule has 0 heteroatoms. The first-order chi connectivity index (χ1) is 11.3. The zero-order chi connectivity index (χ0) is 17.2. The predicted molar refractivity (Wildman–Crippen MR) is 107 cm³/mol. The molecule has 2 unspecified atom stereocenters. The molecule has 0 N–H and O–H groups in total. The molecule has 0 spiro atoms. The lowest BCUT2D eigenvalue weighted by atomic mass is 9.84.